The van der Waals surface area contributed by atoms with E-state index in [9.17, 15) is 18.0 Å². The highest BCUT2D eigenvalue weighted by atomic mass is 35.5. The Hall–Kier alpha value is -2.79. The van der Waals surface area contributed by atoms with Crippen molar-refractivity contribution >= 4 is 45.6 Å². The van der Waals surface area contributed by atoms with Gasteiger partial charge in [0.05, 0.1) is 17.8 Å². The molecule has 1 aromatic carbocycles. The van der Waals surface area contributed by atoms with Crippen molar-refractivity contribution in [3.05, 3.63) is 40.0 Å². The Morgan fingerprint density at radius 1 is 1.26 bits per heavy atom. The number of hydrogen-bond donors (Lipinski definition) is 2. The lowest BCUT2D eigenvalue weighted by Gasteiger charge is -2.09. The lowest BCUT2D eigenvalue weighted by atomic mass is 10.1. The molecule has 2 aromatic heterocycles. The van der Waals surface area contributed by atoms with E-state index in [1.807, 2.05) is 0 Å². The second-order valence-corrected chi connectivity index (χ2v) is 6.93. The molecule has 2 N–H and O–H groups in total. The largest absolute Gasteiger partial charge is 0.445 e. The maximum absolute atomic E-state index is 12.6. The van der Waals surface area contributed by atoms with Crippen LogP contribution in [-0.4, -0.2) is 26.1 Å². The Morgan fingerprint density at radius 3 is 2.81 bits per heavy atom. The van der Waals surface area contributed by atoms with Crippen molar-refractivity contribution in [1.82, 2.24) is 20.2 Å². The number of carbonyl (C=O) groups excluding carboxylic acids is 1. The van der Waals surface area contributed by atoms with Crippen LogP contribution in [0.4, 0.5) is 29.9 Å². The Labute approximate surface area is 158 Å². The van der Waals surface area contributed by atoms with Gasteiger partial charge in [-0.1, -0.05) is 22.9 Å². The predicted octanol–water partition coefficient (Wildman–Crippen LogP) is 3.91. The van der Waals surface area contributed by atoms with Crippen molar-refractivity contribution in [3.8, 4) is 11.3 Å². The first-order chi connectivity index (χ1) is 12.8. The van der Waals surface area contributed by atoms with Gasteiger partial charge in [0.15, 0.2) is 0 Å². The molecule has 4 rings (SSSR count). The van der Waals surface area contributed by atoms with E-state index in [1.165, 1.54) is 6.20 Å². The smallest absolute Gasteiger partial charge is 0.325 e. The molecule has 1 amide bonds. The number of halogens is 4. The van der Waals surface area contributed by atoms with E-state index in [1.54, 1.807) is 18.2 Å². The molecule has 3 aromatic rings. The first-order valence-electron chi connectivity index (χ1n) is 7.43. The number of aromatic nitrogens is 4. The van der Waals surface area contributed by atoms with Gasteiger partial charge in [0.25, 0.3) is 0 Å². The third kappa shape index (κ3) is 3.55. The van der Waals surface area contributed by atoms with E-state index in [4.69, 9.17) is 11.6 Å². The van der Waals surface area contributed by atoms with Crippen LogP contribution in [0.15, 0.2) is 24.4 Å². The number of nitrogens with one attached hydrogen (secondary N) is 2. The molecule has 1 aliphatic heterocycles. The number of hydrogen-bond acceptors (Lipinski definition) is 7. The number of amides is 1. The normalized spacial score (nSPS) is 13.4. The van der Waals surface area contributed by atoms with Crippen LogP contribution in [0.3, 0.4) is 0 Å². The summed E-state index contributed by atoms with van der Waals surface area (Å²) >= 11 is 6.32. The number of fused-ring (bicyclic) bond motifs is 3. The topological polar surface area (TPSA) is 92.7 Å². The van der Waals surface area contributed by atoms with Crippen LogP contribution in [-0.2, 0) is 17.4 Å². The maximum Gasteiger partial charge on any atom is 0.445 e. The maximum atomic E-state index is 12.6. The number of nitrogens with zero attached hydrogens (tertiary/aromatic N) is 4. The Bertz CT molecular complexity index is 1050. The second-order valence-electron chi connectivity index (χ2n) is 5.52. The highest BCUT2D eigenvalue weighted by molar-refractivity contribution is 7.15. The molecule has 0 radical (unpaired) electrons. The minimum absolute atomic E-state index is 0.0360. The fraction of sp³-hybridized carbons (Fsp3) is 0.133. The van der Waals surface area contributed by atoms with Gasteiger partial charge in [-0.25, -0.2) is 9.97 Å². The average Bonchev–Trinajstić information content (AvgIpc) is 3.00. The molecule has 1 aliphatic rings. The Kier molecular flexibility index (Phi) is 4.19. The Balaban J connectivity index is 1.72. The summed E-state index contributed by atoms with van der Waals surface area (Å²) in [4.78, 5) is 20.4. The first kappa shape index (κ1) is 17.6. The number of rotatable bonds is 2. The standard InChI is InChI=1S/C15H8ClF3N6OS/c16-7-1-2-8-9(4-7)21-10(26)3-6-5-20-13(22-11(6)8)23-14-25-24-12(27-14)15(17,18)19/h1-2,4-5H,3H2,(H,21,26)(H,20,22,23,25). The van der Waals surface area contributed by atoms with Crippen LogP contribution in [0.5, 0.6) is 0 Å². The summed E-state index contributed by atoms with van der Waals surface area (Å²) in [5, 5.41) is 11.2. The van der Waals surface area contributed by atoms with E-state index in [0.29, 0.717) is 38.9 Å². The van der Waals surface area contributed by atoms with E-state index >= 15 is 0 Å². The van der Waals surface area contributed by atoms with Crippen molar-refractivity contribution in [1.29, 1.82) is 0 Å². The summed E-state index contributed by atoms with van der Waals surface area (Å²) in [6, 6.07) is 4.95. The molecule has 0 spiro atoms. The van der Waals surface area contributed by atoms with Gasteiger partial charge in [-0.15, -0.1) is 10.2 Å². The zero-order valence-electron chi connectivity index (χ0n) is 13.1. The summed E-state index contributed by atoms with van der Waals surface area (Å²) in [5.74, 6) is -0.214. The van der Waals surface area contributed by atoms with E-state index < -0.39 is 11.2 Å². The zero-order chi connectivity index (χ0) is 19.2. The average molecular weight is 413 g/mol. The first-order valence-corrected chi connectivity index (χ1v) is 8.62. The van der Waals surface area contributed by atoms with Crippen molar-refractivity contribution < 1.29 is 18.0 Å². The molecule has 0 aliphatic carbocycles. The van der Waals surface area contributed by atoms with Crippen LogP contribution in [0.1, 0.15) is 10.6 Å². The molecular formula is C15H8ClF3N6OS. The molecule has 138 valence electrons. The molecule has 12 heteroatoms. The second kappa shape index (κ2) is 6.43. The highest BCUT2D eigenvalue weighted by Crippen LogP contribution is 2.36. The summed E-state index contributed by atoms with van der Waals surface area (Å²) in [7, 11) is 0. The fourth-order valence-corrected chi connectivity index (χ4v) is 3.28. The number of alkyl halides is 3. The molecule has 7 nitrogen and oxygen atoms in total. The molecule has 0 atom stereocenters. The molecule has 3 heterocycles. The zero-order valence-corrected chi connectivity index (χ0v) is 14.7. The van der Waals surface area contributed by atoms with Gasteiger partial charge >= 0.3 is 6.18 Å². The summed E-state index contributed by atoms with van der Waals surface area (Å²) in [5.41, 5.74) is 2.16. The van der Waals surface area contributed by atoms with Crippen LogP contribution in [0.2, 0.25) is 5.02 Å². The van der Waals surface area contributed by atoms with Gasteiger partial charge in [-0.2, -0.15) is 13.2 Å². The van der Waals surface area contributed by atoms with Crippen LogP contribution >= 0.6 is 22.9 Å². The highest BCUT2D eigenvalue weighted by Gasteiger charge is 2.35. The minimum atomic E-state index is -4.57. The van der Waals surface area contributed by atoms with E-state index in [0.717, 1.165) is 0 Å². The Morgan fingerprint density at radius 2 is 2.07 bits per heavy atom. The van der Waals surface area contributed by atoms with Crippen LogP contribution < -0.4 is 10.6 Å². The van der Waals surface area contributed by atoms with Gasteiger partial charge in [-0.3, -0.25) is 10.1 Å². The quantitative estimate of drug-likeness (QED) is 0.663. The predicted molar refractivity (Wildman–Crippen MR) is 93.0 cm³/mol. The van der Waals surface area contributed by atoms with Gasteiger partial charge in [0.2, 0.25) is 22.0 Å². The molecule has 0 saturated heterocycles. The van der Waals surface area contributed by atoms with Gasteiger partial charge in [0, 0.05) is 22.3 Å². The van der Waals surface area contributed by atoms with E-state index in [-0.39, 0.29) is 23.4 Å². The molecule has 0 fully saturated rings. The van der Waals surface area contributed by atoms with Crippen molar-refractivity contribution in [2.24, 2.45) is 0 Å². The van der Waals surface area contributed by atoms with Crippen molar-refractivity contribution in [2.45, 2.75) is 12.6 Å². The van der Waals surface area contributed by atoms with Crippen LogP contribution in [0, 0.1) is 0 Å². The summed E-state index contributed by atoms with van der Waals surface area (Å²) in [6.45, 7) is 0. The molecular weight excluding hydrogens is 405 g/mol. The summed E-state index contributed by atoms with van der Waals surface area (Å²) < 4.78 is 37.9. The third-order valence-electron chi connectivity index (χ3n) is 3.61. The van der Waals surface area contributed by atoms with Gasteiger partial charge < -0.3 is 5.32 Å². The third-order valence-corrected chi connectivity index (χ3v) is 4.73. The van der Waals surface area contributed by atoms with Gasteiger partial charge in [-0.05, 0) is 18.2 Å². The number of carbonyl (C=O) groups is 1. The SMILES string of the molecule is O=C1Cc2cnc(Nc3nnc(C(F)(F)F)s3)nc2-c2ccc(Cl)cc2N1. The molecule has 27 heavy (non-hydrogen) atoms. The van der Waals surface area contributed by atoms with Crippen LogP contribution in [0.25, 0.3) is 11.3 Å². The monoisotopic (exact) mass is 412 g/mol. The summed E-state index contributed by atoms with van der Waals surface area (Å²) in [6.07, 6.45) is -3.07. The number of anilines is 3. The number of benzene rings is 1. The lowest BCUT2D eigenvalue weighted by Crippen LogP contribution is -2.12. The molecule has 0 unspecified atom stereocenters. The molecule has 0 bridgehead atoms. The van der Waals surface area contributed by atoms with E-state index in [2.05, 4.69) is 30.8 Å². The fourth-order valence-electron chi connectivity index (χ4n) is 2.51. The molecule has 0 saturated carbocycles. The van der Waals surface area contributed by atoms with Gasteiger partial charge in [0.1, 0.15) is 0 Å². The van der Waals surface area contributed by atoms with Crippen molar-refractivity contribution in [2.75, 3.05) is 10.6 Å². The van der Waals surface area contributed by atoms with Crippen molar-refractivity contribution in [3.63, 3.8) is 0 Å². The lowest BCUT2D eigenvalue weighted by molar-refractivity contribution is -0.138. The minimum Gasteiger partial charge on any atom is -0.325 e.